The molecular formula is C10H18N2O3. The minimum Gasteiger partial charge on any atom is -0.480 e. The van der Waals surface area contributed by atoms with Crippen LogP contribution in [0.25, 0.3) is 0 Å². The average molecular weight is 214 g/mol. The van der Waals surface area contributed by atoms with Crippen LogP contribution in [0.15, 0.2) is 0 Å². The van der Waals surface area contributed by atoms with E-state index >= 15 is 0 Å². The van der Waals surface area contributed by atoms with E-state index in [0.29, 0.717) is 12.8 Å². The van der Waals surface area contributed by atoms with E-state index in [9.17, 15) is 9.59 Å². The molecule has 0 bridgehead atoms. The van der Waals surface area contributed by atoms with Crippen molar-refractivity contribution in [2.24, 2.45) is 5.73 Å². The summed E-state index contributed by atoms with van der Waals surface area (Å²) >= 11 is 0. The van der Waals surface area contributed by atoms with Crippen LogP contribution in [0, 0.1) is 0 Å². The zero-order valence-corrected chi connectivity index (χ0v) is 8.95. The van der Waals surface area contributed by atoms with Gasteiger partial charge in [0.05, 0.1) is 0 Å². The van der Waals surface area contributed by atoms with Crippen LogP contribution in [-0.4, -0.2) is 28.6 Å². The number of rotatable bonds is 6. The van der Waals surface area contributed by atoms with E-state index < -0.39 is 11.5 Å². The molecule has 0 aromatic carbocycles. The maximum Gasteiger partial charge on any atom is 0.329 e. The second-order valence-corrected chi connectivity index (χ2v) is 4.19. The van der Waals surface area contributed by atoms with Gasteiger partial charge >= 0.3 is 5.97 Å². The van der Waals surface area contributed by atoms with Crippen molar-refractivity contribution >= 4 is 11.9 Å². The number of nitrogens with one attached hydrogen (secondary N) is 1. The number of carbonyl (C=O) groups is 2. The predicted molar refractivity (Wildman–Crippen MR) is 55.2 cm³/mol. The van der Waals surface area contributed by atoms with Gasteiger partial charge in [-0.05, 0) is 19.3 Å². The van der Waals surface area contributed by atoms with Crippen molar-refractivity contribution in [2.75, 3.05) is 0 Å². The minimum absolute atomic E-state index is 0.167. The molecule has 0 aliphatic heterocycles. The van der Waals surface area contributed by atoms with Crippen LogP contribution < -0.4 is 11.1 Å². The Morgan fingerprint density at radius 1 is 1.53 bits per heavy atom. The Bertz CT molecular complexity index is 261. The number of hydrogen-bond donors (Lipinski definition) is 3. The Kier molecular flexibility index (Phi) is 3.68. The number of carboxylic acid groups (broad SMARTS) is 1. The quantitative estimate of drug-likeness (QED) is 0.590. The van der Waals surface area contributed by atoms with E-state index in [2.05, 4.69) is 5.32 Å². The minimum atomic E-state index is -0.983. The lowest BCUT2D eigenvalue weighted by atomic mass is 10.1. The van der Waals surface area contributed by atoms with Crippen molar-refractivity contribution in [3.05, 3.63) is 0 Å². The van der Waals surface area contributed by atoms with Crippen molar-refractivity contribution in [2.45, 2.75) is 50.6 Å². The van der Waals surface area contributed by atoms with Gasteiger partial charge in [-0.15, -0.1) is 0 Å². The van der Waals surface area contributed by atoms with Crippen LogP contribution in [0.5, 0.6) is 0 Å². The van der Waals surface area contributed by atoms with Gasteiger partial charge in [0.15, 0.2) is 0 Å². The third kappa shape index (κ3) is 3.20. The fourth-order valence-corrected chi connectivity index (χ4v) is 1.55. The van der Waals surface area contributed by atoms with Gasteiger partial charge in [-0.3, -0.25) is 4.79 Å². The number of carbonyl (C=O) groups excluding carboxylic acids is 1. The maximum absolute atomic E-state index is 11.4. The van der Waals surface area contributed by atoms with Crippen molar-refractivity contribution in [3.8, 4) is 0 Å². The summed E-state index contributed by atoms with van der Waals surface area (Å²) in [4.78, 5) is 22.2. The first-order valence-electron chi connectivity index (χ1n) is 5.30. The van der Waals surface area contributed by atoms with Gasteiger partial charge in [-0.2, -0.15) is 0 Å². The third-order valence-electron chi connectivity index (χ3n) is 2.65. The second kappa shape index (κ2) is 4.61. The monoisotopic (exact) mass is 214 g/mol. The molecule has 1 atom stereocenters. The molecule has 1 aliphatic carbocycles. The topological polar surface area (TPSA) is 92.4 Å². The molecule has 15 heavy (non-hydrogen) atoms. The van der Waals surface area contributed by atoms with Crippen LogP contribution in [-0.2, 0) is 9.59 Å². The smallest absolute Gasteiger partial charge is 0.329 e. The summed E-state index contributed by atoms with van der Waals surface area (Å²) in [5, 5.41) is 11.4. The SMILES string of the molecule is CCCC(N)CC(=O)NC1(C(=O)O)CC1. The Labute approximate surface area is 89.0 Å². The van der Waals surface area contributed by atoms with Gasteiger partial charge < -0.3 is 16.2 Å². The van der Waals surface area contributed by atoms with Gasteiger partial charge in [-0.25, -0.2) is 4.79 Å². The summed E-state index contributed by atoms with van der Waals surface area (Å²) in [5.41, 5.74) is 4.71. The molecule has 0 aromatic heterocycles. The van der Waals surface area contributed by atoms with E-state index in [1.165, 1.54) is 0 Å². The highest BCUT2D eigenvalue weighted by Crippen LogP contribution is 2.35. The molecule has 0 saturated heterocycles. The highest BCUT2D eigenvalue weighted by Gasteiger charge is 2.51. The molecule has 86 valence electrons. The number of carboxylic acids is 1. The van der Waals surface area contributed by atoms with Crippen molar-refractivity contribution < 1.29 is 14.7 Å². The first-order chi connectivity index (χ1) is 7.00. The van der Waals surface area contributed by atoms with Crippen molar-refractivity contribution in [3.63, 3.8) is 0 Å². The van der Waals surface area contributed by atoms with Gasteiger partial charge in [0, 0.05) is 12.5 Å². The van der Waals surface area contributed by atoms with Crippen molar-refractivity contribution in [1.29, 1.82) is 0 Å². The molecule has 1 saturated carbocycles. The normalized spacial score (nSPS) is 19.3. The van der Waals surface area contributed by atoms with Crippen LogP contribution in [0.3, 0.4) is 0 Å². The van der Waals surface area contributed by atoms with Gasteiger partial charge in [0.2, 0.25) is 5.91 Å². The van der Waals surface area contributed by atoms with Crippen LogP contribution in [0.1, 0.15) is 39.0 Å². The average Bonchev–Trinajstić information content (AvgIpc) is 2.85. The zero-order chi connectivity index (χ0) is 11.5. The fraction of sp³-hybridized carbons (Fsp3) is 0.800. The molecule has 5 nitrogen and oxygen atoms in total. The van der Waals surface area contributed by atoms with Crippen molar-refractivity contribution in [1.82, 2.24) is 5.32 Å². The lowest BCUT2D eigenvalue weighted by Crippen LogP contribution is -2.44. The second-order valence-electron chi connectivity index (χ2n) is 4.19. The first-order valence-corrected chi connectivity index (χ1v) is 5.30. The Hall–Kier alpha value is -1.10. The van der Waals surface area contributed by atoms with E-state index in [-0.39, 0.29) is 18.4 Å². The fourth-order valence-electron chi connectivity index (χ4n) is 1.55. The predicted octanol–water partition coefficient (Wildman–Crippen LogP) is 0.237. The molecule has 1 rings (SSSR count). The van der Waals surface area contributed by atoms with Gasteiger partial charge in [0.1, 0.15) is 5.54 Å². The zero-order valence-electron chi connectivity index (χ0n) is 8.95. The molecule has 0 aromatic rings. The highest BCUT2D eigenvalue weighted by atomic mass is 16.4. The molecular weight excluding hydrogens is 196 g/mol. The molecule has 1 aliphatic rings. The molecule has 0 spiro atoms. The molecule has 1 fully saturated rings. The summed E-state index contributed by atoms with van der Waals surface area (Å²) in [6.45, 7) is 2.00. The summed E-state index contributed by atoms with van der Waals surface area (Å²) < 4.78 is 0. The van der Waals surface area contributed by atoms with E-state index in [0.717, 1.165) is 12.8 Å². The van der Waals surface area contributed by atoms with E-state index in [1.54, 1.807) is 0 Å². The number of amides is 1. The van der Waals surface area contributed by atoms with E-state index in [1.807, 2.05) is 6.92 Å². The maximum atomic E-state index is 11.4. The van der Waals surface area contributed by atoms with Crippen LogP contribution >= 0.6 is 0 Å². The first kappa shape index (κ1) is 12.0. The summed E-state index contributed by atoms with van der Waals surface area (Å²) in [6.07, 6.45) is 2.98. The number of nitrogens with two attached hydrogens (primary N) is 1. The van der Waals surface area contributed by atoms with Crippen LogP contribution in [0.4, 0.5) is 0 Å². The van der Waals surface area contributed by atoms with Gasteiger partial charge in [-0.1, -0.05) is 13.3 Å². The number of aliphatic carboxylic acids is 1. The standard InChI is InChI=1S/C10H18N2O3/c1-2-3-7(11)6-8(13)12-10(4-5-10)9(14)15/h7H,2-6,11H2,1H3,(H,12,13)(H,14,15). The van der Waals surface area contributed by atoms with E-state index in [4.69, 9.17) is 10.8 Å². The Morgan fingerprint density at radius 3 is 2.53 bits per heavy atom. The highest BCUT2D eigenvalue weighted by molar-refractivity contribution is 5.89. The summed E-state index contributed by atoms with van der Waals surface area (Å²) in [6, 6.07) is -0.167. The molecule has 4 N–H and O–H groups in total. The Morgan fingerprint density at radius 2 is 2.13 bits per heavy atom. The van der Waals surface area contributed by atoms with Crippen LogP contribution in [0.2, 0.25) is 0 Å². The largest absolute Gasteiger partial charge is 0.480 e. The lowest BCUT2D eigenvalue weighted by molar-refractivity contribution is -0.143. The number of hydrogen-bond acceptors (Lipinski definition) is 3. The summed E-state index contributed by atoms with van der Waals surface area (Å²) in [5.74, 6) is -1.20. The molecule has 1 amide bonds. The third-order valence-corrected chi connectivity index (χ3v) is 2.65. The molecule has 1 unspecified atom stereocenters. The molecule has 0 radical (unpaired) electrons. The summed E-state index contributed by atoms with van der Waals surface area (Å²) in [7, 11) is 0. The molecule has 5 heteroatoms. The Balaban J connectivity index is 2.33. The molecule has 0 heterocycles. The lowest BCUT2D eigenvalue weighted by Gasteiger charge is -2.14. The van der Waals surface area contributed by atoms with Gasteiger partial charge in [0.25, 0.3) is 0 Å².